The predicted molar refractivity (Wildman–Crippen MR) is 88.8 cm³/mol. The van der Waals surface area contributed by atoms with Crippen molar-refractivity contribution in [3.8, 4) is 0 Å². The summed E-state index contributed by atoms with van der Waals surface area (Å²) < 4.78 is 0. The largest absolute Gasteiger partial charge is 0.319 e. The van der Waals surface area contributed by atoms with Gasteiger partial charge in [0.05, 0.1) is 5.52 Å². The minimum absolute atomic E-state index is 0.404. The molecule has 0 bridgehead atoms. The number of hydrogen-bond acceptors (Lipinski definition) is 3. The third-order valence-corrected chi connectivity index (χ3v) is 4.87. The van der Waals surface area contributed by atoms with Crippen molar-refractivity contribution in [2.75, 3.05) is 27.2 Å². The Morgan fingerprint density at radius 1 is 1.38 bits per heavy atom. The number of piperidine rings is 1. The van der Waals surface area contributed by atoms with Gasteiger partial charge in [-0.15, -0.1) is 0 Å². The summed E-state index contributed by atoms with van der Waals surface area (Å²) in [5.41, 5.74) is 2.35. The molecule has 0 radical (unpaired) electrons. The van der Waals surface area contributed by atoms with E-state index < -0.39 is 0 Å². The van der Waals surface area contributed by atoms with Crippen LogP contribution >= 0.6 is 11.6 Å². The molecule has 3 rings (SSSR count). The lowest BCUT2D eigenvalue weighted by Gasteiger charge is -2.40. The molecule has 1 aromatic heterocycles. The van der Waals surface area contributed by atoms with Crippen LogP contribution in [-0.2, 0) is 0 Å². The van der Waals surface area contributed by atoms with Crippen LogP contribution < -0.4 is 5.32 Å². The molecule has 1 fully saturated rings. The Kier molecular flexibility index (Phi) is 4.43. The van der Waals surface area contributed by atoms with Crippen LogP contribution in [0.15, 0.2) is 30.5 Å². The van der Waals surface area contributed by atoms with Crippen molar-refractivity contribution in [3.05, 3.63) is 41.0 Å². The third kappa shape index (κ3) is 2.78. The maximum absolute atomic E-state index is 6.34. The Balaban J connectivity index is 2.11. The van der Waals surface area contributed by atoms with Crippen LogP contribution in [0.2, 0.25) is 5.02 Å². The molecule has 0 spiro atoms. The molecule has 1 aliphatic rings. The van der Waals surface area contributed by atoms with E-state index in [0.29, 0.717) is 12.0 Å². The first-order chi connectivity index (χ1) is 10.2. The number of fused-ring (bicyclic) bond motifs is 1. The molecular weight excluding hydrogens is 282 g/mol. The summed E-state index contributed by atoms with van der Waals surface area (Å²) in [4.78, 5) is 7.08. The highest BCUT2D eigenvalue weighted by Crippen LogP contribution is 2.38. The van der Waals surface area contributed by atoms with E-state index in [1.54, 1.807) is 0 Å². The number of halogens is 1. The van der Waals surface area contributed by atoms with Gasteiger partial charge in [-0.2, -0.15) is 0 Å². The molecule has 1 aromatic carbocycles. The van der Waals surface area contributed by atoms with Crippen molar-refractivity contribution in [1.29, 1.82) is 0 Å². The Bertz CT molecular complexity index is 626. The van der Waals surface area contributed by atoms with Crippen molar-refractivity contribution < 1.29 is 0 Å². The molecule has 2 heterocycles. The average molecular weight is 304 g/mol. The number of hydrogen-bond donors (Lipinski definition) is 1. The highest BCUT2D eigenvalue weighted by Gasteiger charge is 2.31. The highest BCUT2D eigenvalue weighted by atomic mass is 35.5. The van der Waals surface area contributed by atoms with Crippen LogP contribution in [-0.4, -0.2) is 37.1 Å². The van der Waals surface area contributed by atoms with E-state index in [9.17, 15) is 0 Å². The minimum atomic E-state index is 0.404. The summed E-state index contributed by atoms with van der Waals surface area (Å²) in [7, 11) is 4.25. The van der Waals surface area contributed by atoms with Gasteiger partial charge in [-0.3, -0.25) is 9.88 Å². The third-order valence-electron chi connectivity index (χ3n) is 4.54. The molecule has 1 saturated heterocycles. The van der Waals surface area contributed by atoms with Gasteiger partial charge in [-0.25, -0.2) is 0 Å². The van der Waals surface area contributed by atoms with Crippen molar-refractivity contribution in [1.82, 2.24) is 15.2 Å². The van der Waals surface area contributed by atoms with Crippen LogP contribution in [0.4, 0.5) is 0 Å². The van der Waals surface area contributed by atoms with E-state index in [-0.39, 0.29) is 0 Å². The minimum Gasteiger partial charge on any atom is -0.319 e. The van der Waals surface area contributed by atoms with Crippen LogP contribution in [0.25, 0.3) is 10.9 Å². The van der Waals surface area contributed by atoms with Crippen LogP contribution in [0.5, 0.6) is 0 Å². The monoisotopic (exact) mass is 303 g/mol. The molecule has 1 aliphatic heterocycles. The topological polar surface area (TPSA) is 28.2 Å². The van der Waals surface area contributed by atoms with Gasteiger partial charge in [-0.1, -0.05) is 17.7 Å². The van der Waals surface area contributed by atoms with Gasteiger partial charge in [-0.05, 0) is 69.7 Å². The van der Waals surface area contributed by atoms with Crippen LogP contribution in [0.3, 0.4) is 0 Å². The fraction of sp³-hybridized carbons (Fsp3) is 0.471. The molecular formula is C17H22ClN3. The Labute approximate surface area is 131 Å². The molecule has 112 valence electrons. The quantitative estimate of drug-likeness (QED) is 0.941. The van der Waals surface area contributed by atoms with E-state index in [0.717, 1.165) is 29.0 Å². The van der Waals surface area contributed by atoms with Gasteiger partial charge >= 0.3 is 0 Å². The lowest BCUT2D eigenvalue weighted by molar-refractivity contribution is 0.122. The number of nitrogens with one attached hydrogen (secondary N) is 1. The summed E-state index contributed by atoms with van der Waals surface area (Å²) in [6, 6.07) is 8.59. The van der Waals surface area contributed by atoms with Crippen molar-refractivity contribution in [2.45, 2.75) is 18.9 Å². The number of pyridine rings is 1. The van der Waals surface area contributed by atoms with E-state index in [1.165, 1.54) is 18.4 Å². The SMILES string of the molecule is CNCC1CCCN(C)C1c1ccc(Cl)c2cccnc12. The normalized spacial score (nSPS) is 23.6. The van der Waals surface area contributed by atoms with Crippen LogP contribution in [0.1, 0.15) is 24.4 Å². The molecule has 0 saturated carbocycles. The number of aromatic nitrogens is 1. The Hall–Kier alpha value is -1.16. The molecule has 0 aliphatic carbocycles. The lowest BCUT2D eigenvalue weighted by Crippen LogP contribution is -2.40. The molecule has 3 nitrogen and oxygen atoms in total. The fourth-order valence-corrected chi connectivity index (χ4v) is 3.84. The first kappa shape index (κ1) is 14.8. The zero-order chi connectivity index (χ0) is 14.8. The summed E-state index contributed by atoms with van der Waals surface area (Å²) >= 11 is 6.34. The van der Waals surface area contributed by atoms with Gasteiger partial charge < -0.3 is 5.32 Å². The molecule has 2 unspecified atom stereocenters. The fourth-order valence-electron chi connectivity index (χ4n) is 3.63. The molecule has 0 amide bonds. The van der Waals surface area contributed by atoms with Crippen molar-refractivity contribution >= 4 is 22.5 Å². The molecule has 2 aromatic rings. The second kappa shape index (κ2) is 6.30. The summed E-state index contributed by atoms with van der Waals surface area (Å²) in [5.74, 6) is 0.611. The number of benzene rings is 1. The maximum Gasteiger partial charge on any atom is 0.0764 e. The molecule has 21 heavy (non-hydrogen) atoms. The maximum atomic E-state index is 6.34. The Morgan fingerprint density at radius 3 is 3.05 bits per heavy atom. The first-order valence-electron chi connectivity index (χ1n) is 7.60. The zero-order valence-corrected chi connectivity index (χ0v) is 13.4. The highest BCUT2D eigenvalue weighted by molar-refractivity contribution is 6.35. The molecule has 2 atom stereocenters. The van der Waals surface area contributed by atoms with Gasteiger partial charge in [0, 0.05) is 22.6 Å². The Morgan fingerprint density at radius 2 is 2.24 bits per heavy atom. The summed E-state index contributed by atoms with van der Waals surface area (Å²) in [6.45, 7) is 2.17. The van der Waals surface area contributed by atoms with Crippen LogP contribution in [0, 0.1) is 5.92 Å². The number of nitrogens with zero attached hydrogens (tertiary/aromatic N) is 2. The van der Waals surface area contributed by atoms with E-state index in [4.69, 9.17) is 11.6 Å². The lowest BCUT2D eigenvalue weighted by atomic mass is 9.84. The van der Waals surface area contributed by atoms with Gasteiger partial charge in [0.15, 0.2) is 0 Å². The smallest absolute Gasteiger partial charge is 0.0764 e. The van der Waals surface area contributed by atoms with Crippen molar-refractivity contribution in [3.63, 3.8) is 0 Å². The second-order valence-corrected chi connectivity index (χ2v) is 6.33. The summed E-state index contributed by atoms with van der Waals surface area (Å²) in [6.07, 6.45) is 4.38. The van der Waals surface area contributed by atoms with Gasteiger partial charge in [0.25, 0.3) is 0 Å². The average Bonchev–Trinajstić information content (AvgIpc) is 2.50. The van der Waals surface area contributed by atoms with E-state index in [2.05, 4.69) is 34.4 Å². The number of rotatable bonds is 3. The second-order valence-electron chi connectivity index (χ2n) is 5.92. The van der Waals surface area contributed by atoms with Crippen molar-refractivity contribution in [2.24, 2.45) is 5.92 Å². The molecule has 4 heteroatoms. The zero-order valence-electron chi connectivity index (χ0n) is 12.6. The standard InChI is InChI=1S/C17H22ClN3/c1-19-11-12-5-4-10-21(2)17(12)14-7-8-15(18)13-6-3-9-20-16(13)14/h3,6-9,12,17,19H,4-5,10-11H2,1-2H3. The van der Waals surface area contributed by atoms with E-state index >= 15 is 0 Å². The van der Waals surface area contributed by atoms with Gasteiger partial charge in [0.1, 0.15) is 0 Å². The number of likely N-dealkylation sites (tertiary alicyclic amines) is 1. The van der Waals surface area contributed by atoms with Gasteiger partial charge in [0.2, 0.25) is 0 Å². The predicted octanol–water partition coefficient (Wildman–Crippen LogP) is 3.49. The van der Waals surface area contributed by atoms with E-state index in [1.807, 2.05) is 25.4 Å². The summed E-state index contributed by atoms with van der Waals surface area (Å²) in [5, 5.41) is 5.18. The molecule has 1 N–H and O–H groups in total. The first-order valence-corrected chi connectivity index (χ1v) is 7.98.